The van der Waals surface area contributed by atoms with Gasteiger partial charge in [-0.3, -0.25) is 0 Å². The zero-order chi connectivity index (χ0) is 11.5. The van der Waals surface area contributed by atoms with E-state index in [0.717, 1.165) is 12.8 Å². The summed E-state index contributed by atoms with van der Waals surface area (Å²) in [6, 6.07) is 5.93. The van der Waals surface area contributed by atoms with Crippen molar-refractivity contribution in [2.75, 3.05) is 11.9 Å². The zero-order valence-electron chi connectivity index (χ0n) is 8.78. The molecule has 3 nitrogen and oxygen atoms in total. The van der Waals surface area contributed by atoms with E-state index in [1.54, 1.807) is 0 Å². The second kappa shape index (κ2) is 4.50. The standard InChI is InChI=1S/C12H13FN2O/c13-10-3-4-11(9(5-10)6-14)15-7-12(16)8-1-2-8/h3-5,8,12,15-16H,1-2,7H2. The minimum absolute atomic E-state index is 0.267. The van der Waals surface area contributed by atoms with Gasteiger partial charge in [0, 0.05) is 6.54 Å². The van der Waals surface area contributed by atoms with E-state index in [1.165, 1.54) is 18.2 Å². The van der Waals surface area contributed by atoms with Gasteiger partial charge in [0.15, 0.2) is 0 Å². The molecule has 2 N–H and O–H groups in total. The van der Waals surface area contributed by atoms with E-state index in [9.17, 15) is 9.50 Å². The first kappa shape index (κ1) is 10.9. The summed E-state index contributed by atoms with van der Waals surface area (Å²) in [5.74, 6) is -0.0386. The summed E-state index contributed by atoms with van der Waals surface area (Å²) >= 11 is 0. The molecule has 4 heteroatoms. The lowest BCUT2D eigenvalue weighted by Gasteiger charge is -2.12. The maximum Gasteiger partial charge on any atom is 0.124 e. The molecule has 0 heterocycles. The van der Waals surface area contributed by atoms with Gasteiger partial charge in [0.1, 0.15) is 11.9 Å². The molecule has 0 radical (unpaired) electrons. The lowest BCUT2D eigenvalue weighted by Crippen LogP contribution is -2.21. The molecule has 1 aliphatic rings. The smallest absolute Gasteiger partial charge is 0.124 e. The molecule has 84 valence electrons. The van der Waals surface area contributed by atoms with Crippen LogP contribution in [-0.2, 0) is 0 Å². The average Bonchev–Trinajstić information content (AvgIpc) is 3.10. The quantitative estimate of drug-likeness (QED) is 0.814. The van der Waals surface area contributed by atoms with Crippen molar-refractivity contribution in [2.24, 2.45) is 5.92 Å². The highest BCUT2D eigenvalue weighted by Gasteiger charge is 2.29. The van der Waals surface area contributed by atoms with Crippen LogP contribution >= 0.6 is 0 Å². The first-order valence-corrected chi connectivity index (χ1v) is 5.32. The number of anilines is 1. The second-order valence-electron chi connectivity index (χ2n) is 4.09. The van der Waals surface area contributed by atoms with Crippen LogP contribution in [0.4, 0.5) is 10.1 Å². The summed E-state index contributed by atoms with van der Waals surface area (Å²) in [4.78, 5) is 0. The van der Waals surface area contributed by atoms with Crippen LogP contribution in [0.25, 0.3) is 0 Å². The van der Waals surface area contributed by atoms with E-state index in [0.29, 0.717) is 18.2 Å². The lowest BCUT2D eigenvalue weighted by atomic mass is 10.1. The Hall–Kier alpha value is -1.60. The van der Waals surface area contributed by atoms with Crippen molar-refractivity contribution in [3.63, 3.8) is 0 Å². The van der Waals surface area contributed by atoms with E-state index in [1.807, 2.05) is 6.07 Å². The SMILES string of the molecule is N#Cc1cc(F)ccc1NCC(O)C1CC1. The van der Waals surface area contributed by atoms with Crippen LogP contribution in [-0.4, -0.2) is 17.8 Å². The Morgan fingerprint density at radius 1 is 1.56 bits per heavy atom. The highest BCUT2D eigenvalue weighted by atomic mass is 19.1. The molecule has 0 bridgehead atoms. The molecule has 1 aromatic carbocycles. The normalized spacial score (nSPS) is 16.6. The summed E-state index contributed by atoms with van der Waals surface area (Å²) in [6.07, 6.45) is 1.76. The molecule has 0 saturated heterocycles. The number of hydrogen-bond donors (Lipinski definition) is 2. The maximum atomic E-state index is 12.8. The van der Waals surface area contributed by atoms with Gasteiger partial charge in [0.25, 0.3) is 0 Å². The summed E-state index contributed by atoms with van der Waals surface area (Å²) in [5.41, 5.74) is 0.839. The molecule has 0 aromatic heterocycles. The van der Waals surface area contributed by atoms with Crippen molar-refractivity contribution in [1.82, 2.24) is 0 Å². The maximum absolute atomic E-state index is 12.8. The molecule has 1 unspecified atom stereocenters. The number of aliphatic hydroxyl groups excluding tert-OH is 1. The van der Waals surface area contributed by atoms with Crippen LogP contribution in [0.15, 0.2) is 18.2 Å². The van der Waals surface area contributed by atoms with Crippen LogP contribution in [0.5, 0.6) is 0 Å². The fourth-order valence-corrected chi connectivity index (χ4v) is 1.63. The van der Waals surface area contributed by atoms with E-state index in [4.69, 9.17) is 5.26 Å². The molecular weight excluding hydrogens is 207 g/mol. The van der Waals surface area contributed by atoms with Gasteiger partial charge in [-0.1, -0.05) is 0 Å². The number of nitrogens with one attached hydrogen (secondary N) is 1. The van der Waals surface area contributed by atoms with Gasteiger partial charge in [-0.05, 0) is 37.0 Å². The van der Waals surface area contributed by atoms with Crippen molar-refractivity contribution in [2.45, 2.75) is 18.9 Å². The molecule has 1 aromatic rings. The predicted molar refractivity (Wildman–Crippen MR) is 58.3 cm³/mol. The number of hydrogen-bond acceptors (Lipinski definition) is 3. The molecule has 2 rings (SSSR count). The highest BCUT2D eigenvalue weighted by molar-refractivity contribution is 5.57. The predicted octanol–water partition coefficient (Wildman–Crippen LogP) is 1.88. The van der Waals surface area contributed by atoms with Gasteiger partial charge in [0.2, 0.25) is 0 Å². The third-order valence-electron chi connectivity index (χ3n) is 2.77. The lowest BCUT2D eigenvalue weighted by molar-refractivity contribution is 0.164. The number of nitriles is 1. The van der Waals surface area contributed by atoms with E-state index in [2.05, 4.69) is 5.32 Å². The van der Waals surface area contributed by atoms with Crippen LogP contribution in [0.3, 0.4) is 0 Å². The topological polar surface area (TPSA) is 56.0 Å². The molecule has 0 spiro atoms. The van der Waals surface area contributed by atoms with Crippen molar-refractivity contribution in [3.8, 4) is 6.07 Å². The number of aliphatic hydroxyl groups is 1. The van der Waals surface area contributed by atoms with E-state index < -0.39 is 5.82 Å². The third-order valence-corrected chi connectivity index (χ3v) is 2.77. The van der Waals surface area contributed by atoms with Crippen LogP contribution < -0.4 is 5.32 Å². The number of halogens is 1. The van der Waals surface area contributed by atoms with Gasteiger partial charge in [-0.25, -0.2) is 4.39 Å². The first-order chi connectivity index (χ1) is 7.70. The molecule has 0 aliphatic heterocycles. The van der Waals surface area contributed by atoms with Crippen LogP contribution in [0.2, 0.25) is 0 Å². The molecule has 1 saturated carbocycles. The number of nitrogens with zero attached hydrogens (tertiary/aromatic N) is 1. The number of rotatable bonds is 4. The Morgan fingerprint density at radius 2 is 2.31 bits per heavy atom. The Bertz CT molecular complexity index is 424. The van der Waals surface area contributed by atoms with E-state index >= 15 is 0 Å². The summed E-state index contributed by atoms with van der Waals surface area (Å²) in [5, 5.41) is 21.4. The van der Waals surface area contributed by atoms with Crippen LogP contribution in [0, 0.1) is 23.1 Å². The molecule has 1 fully saturated rings. The van der Waals surface area contributed by atoms with Crippen molar-refractivity contribution in [1.29, 1.82) is 5.26 Å². The van der Waals surface area contributed by atoms with Gasteiger partial charge >= 0.3 is 0 Å². The Balaban J connectivity index is 2.00. The van der Waals surface area contributed by atoms with Gasteiger partial charge in [-0.15, -0.1) is 0 Å². The first-order valence-electron chi connectivity index (χ1n) is 5.32. The third kappa shape index (κ3) is 2.50. The number of benzene rings is 1. The largest absolute Gasteiger partial charge is 0.391 e. The van der Waals surface area contributed by atoms with Crippen molar-refractivity contribution >= 4 is 5.69 Å². The summed E-state index contributed by atoms with van der Waals surface area (Å²) in [7, 11) is 0. The fourth-order valence-electron chi connectivity index (χ4n) is 1.63. The molecule has 1 aliphatic carbocycles. The Labute approximate surface area is 93.5 Å². The van der Waals surface area contributed by atoms with Gasteiger partial charge in [0.05, 0.1) is 17.4 Å². The Kier molecular flexibility index (Phi) is 3.07. The summed E-state index contributed by atoms with van der Waals surface area (Å²) < 4.78 is 12.8. The monoisotopic (exact) mass is 220 g/mol. The second-order valence-corrected chi connectivity index (χ2v) is 4.09. The molecular formula is C12H13FN2O. The highest BCUT2D eigenvalue weighted by Crippen LogP contribution is 2.32. The van der Waals surface area contributed by atoms with Crippen molar-refractivity contribution < 1.29 is 9.50 Å². The van der Waals surface area contributed by atoms with Crippen LogP contribution in [0.1, 0.15) is 18.4 Å². The fraction of sp³-hybridized carbons (Fsp3) is 0.417. The Morgan fingerprint density at radius 3 is 2.94 bits per heavy atom. The zero-order valence-corrected chi connectivity index (χ0v) is 8.78. The van der Waals surface area contributed by atoms with Crippen molar-refractivity contribution in [3.05, 3.63) is 29.6 Å². The van der Waals surface area contributed by atoms with E-state index in [-0.39, 0.29) is 11.7 Å². The van der Waals surface area contributed by atoms with Gasteiger partial charge < -0.3 is 10.4 Å². The molecule has 16 heavy (non-hydrogen) atoms. The minimum atomic E-state index is -0.426. The summed E-state index contributed by atoms with van der Waals surface area (Å²) in [6.45, 7) is 0.408. The molecule has 1 atom stereocenters. The minimum Gasteiger partial charge on any atom is -0.391 e. The molecule has 0 amide bonds. The average molecular weight is 220 g/mol. The van der Waals surface area contributed by atoms with Gasteiger partial charge in [-0.2, -0.15) is 5.26 Å².